The number of amides is 1. The van der Waals surface area contributed by atoms with Crippen molar-refractivity contribution in [3.05, 3.63) is 65.2 Å². The molecule has 0 radical (unpaired) electrons. The molecule has 0 atom stereocenters. The molecule has 0 N–H and O–H groups in total. The van der Waals surface area contributed by atoms with Gasteiger partial charge >= 0.3 is 0 Å². The molecule has 1 heterocycles. The maximum atomic E-state index is 13.7. The molecule has 1 aliphatic rings. The molecule has 0 spiro atoms. The molecule has 1 aliphatic heterocycles. The third-order valence-corrected chi connectivity index (χ3v) is 5.20. The lowest BCUT2D eigenvalue weighted by Gasteiger charge is -2.35. The number of nitrogens with zero attached hydrogens (tertiary/aromatic N) is 1. The molecule has 2 aromatic carbocycles. The first-order valence-corrected chi connectivity index (χ1v) is 9.68. The average molecular weight is 360 g/mol. The van der Waals surface area contributed by atoms with Gasteiger partial charge in [0.1, 0.15) is 0 Å². The Morgan fingerprint density at radius 2 is 1.48 bits per heavy atom. The normalized spacial score (nSPS) is 13.6. The number of carbonyl (C=O) groups is 1. The molecule has 0 unspecified atom stereocenters. The zero-order valence-electron chi connectivity index (χ0n) is 17.1. The van der Waals surface area contributed by atoms with Crippen molar-refractivity contribution < 1.29 is 4.79 Å². The van der Waals surface area contributed by atoms with Crippen LogP contribution in [0.3, 0.4) is 0 Å². The zero-order chi connectivity index (χ0) is 19.7. The van der Waals surface area contributed by atoms with E-state index in [2.05, 4.69) is 52.5 Å². The minimum absolute atomic E-state index is 0.165. The molecular weight excluding hydrogens is 330 g/mol. The Morgan fingerprint density at radius 3 is 2.19 bits per heavy atom. The number of fused-ring (bicyclic) bond motifs is 2. The lowest BCUT2D eigenvalue weighted by Crippen LogP contribution is -2.41. The van der Waals surface area contributed by atoms with Crippen molar-refractivity contribution in [3.63, 3.8) is 0 Å². The molecule has 0 aromatic heterocycles. The molecule has 27 heavy (non-hydrogen) atoms. The second-order valence-electron chi connectivity index (χ2n) is 9.26. The molecule has 2 aromatic rings. The lowest BCUT2D eigenvalue weighted by atomic mass is 9.79. The van der Waals surface area contributed by atoms with E-state index in [1.807, 2.05) is 47.4 Å². The molecule has 2 nitrogen and oxygen atoms in total. The Morgan fingerprint density at radius 1 is 0.889 bits per heavy atom. The first-order chi connectivity index (χ1) is 12.7. The van der Waals surface area contributed by atoms with Gasteiger partial charge < -0.3 is 4.90 Å². The van der Waals surface area contributed by atoms with Crippen LogP contribution in [-0.2, 0) is 11.3 Å². The molecule has 0 bridgehead atoms. The number of benzene rings is 2. The highest BCUT2D eigenvalue weighted by atomic mass is 16.2. The molecule has 1 amide bonds. The van der Waals surface area contributed by atoms with E-state index in [9.17, 15) is 4.79 Å². The maximum absolute atomic E-state index is 13.7. The van der Waals surface area contributed by atoms with Crippen LogP contribution in [0.15, 0.2) is 48.5 Å². The predicted octanol–water partition coefficient (Wildman–Crippen LogP) is 5.79. The number of anilines is 1. The van der Waals surface area contributed by atoms with Crippen LogP contribution < -0.4 is 4.90 Å². The van der Waals surface area contributed by atoms with Crippen molar-refractivity contribution in [3.8, 4) is 11.8 Å². The Kier molecular flexibility index (Phi) is 5.16. The van der Waals surface area contributed by atoms with Crippen LogP contribution in [0.5, 0.6) is 0 Å². The van der Waals surface area contributed by atoms with E-state index in [0.717, 1.165) is 35.2 Å². The maximum Gasteiger partial charge on any atom is 0.232 e. The zero-order valence-corrected chi connectivity index (χ0v) is 17.1. The van der Waals surface area contributed by atoms with E-state index in [0.29, 0.717) is 6.54 Å². The van der Waals surface area contributed by atoms with Crippen molar-refractivity contribution in [1.82, 2.24) is 0 Å². The van der Waals surface area contributed by atoms with Crippen molar-refractivity contribution in [2.45, 2.75) is 54.0 Å². The second-order valence-corrected chi connectivity index (χ2v) is 9.26. The lowest BCUT2D eigenvalue weighted by molar-refractivity contribution is -0.127. The number of carbonyl (C=O) groups excluding carboxylic acids is 1. The van der Waals surface area contributed by atoms with Gasteiger partial charge in [-0.3, -0.25) is 4.79 Å². The van der Waals surface area contributed by atoms with Gasteiger partial charge in [0.25, 0.3) is 0 Å². The first kappa shape index (κ1) is 19.2. The Hall–Kier alpha value is -2.53. The monoisotopic (exact) mass is 359 g/mol. The Balaban J connectivity index is 2.01. The summed E-state index contributed by atoms with van der Waals surface area (Å²) in [5.41, 5.74) is 3.70. The van der Waals surface area contributed by atoms with Crippen molar-refractivity contribution >= 4 is 11.6 Å². The van der Waals surface area contributed by atoms with Crippen LogP contribution in [0.25, 0.3) is 0 Å². The van der Waals surface area contributed by atoms with E-state index >= 15 is 0 Å². The summed E-state index contributed by atoms with van der Waals surface area (Å²) < 4.78 is 0. The number of para-hydroxylation sites is 1. The van der Waals surface area contributed by atoms with Crippen LogP contribution in [0.4, 0.5) is 5.69 Å². The van der Waals surface area contributed by atoms with Gasteiger partial charge in [-0.05, 0) is 42.0 Å². The van der Waals surface area contributed by atoms with Gasteiger partial charge in [-0.15, -0.1) is 0 Å². The third kappa shape index (κ3) is 4.42. The summed E-state index contributed by atoms with van der Waals surface area (Å²) >= 11 is 0. The molecule has 0 saturated carbocycles. The molecule has 0 aliphatic carbocycles. The van der Waals surface area contributed by atoms with Crippen molar-refractivity contribution in [1.29, 1.82) is 0 Å². The molecule has 140 valence electrons. The van der Waals surface area contributed by atoms with Gasteiger partial charge in [0.05, 0.1) is 12.2 Å². The largest absolute Gasteiger partial charge is 0.306 e. The molecule has 2 heteroatoms. The van der Waals surface area contributed by atoms with Crippen molar-refractivity contribution in [2.75, 3.05) is 4.90 Å². The molecule has 0 saturated heterocycles. The van der Waals surface area contributed by atoms with Crippen LogP contribution in [-0.4, -0.2) is 5.91 Å². The number of hydrogen-bond donors (Lipinski definition) is 0. The van der Waals surface area contributed by atoms with E-state index in [4.69, 9.17) is 0 Å². The first-order valence-electron chi connectivity index (χ1n) is 9.68. The quantitative estimate of drug-likeness (QED) is 0.636. The fourth-order valence-corrected chi connectivity index (χ4v) is 3.33. The SMILES string of the molecule is CC(C)(C)CCC(C)(C)C(=O)N1Cc2ccccc2C#Cc2ccccc21. The van der Waals surface area contributed by atoms with Gasteiger partial charge in [0, 0.05) is 16.5 Å². The fraction of sp³-hybridized carbons (Fsp3) is 0.400. The standard InChI is InChI=1S/C25H29NO/c1-24(2,3)16-17-25(4,5)23(27)26-18-21-12-7-6-10-19(21)14-15-20-11-8-9-13-22(20)26/h6-13H,16-18H2,1-5H3. The highest BCUT2D eigenvalue weighted by Gasteiger charge is 2.35. The topological polar surface area (TPSA) is 20.3 Å². The van der Waals surface area contributed by atoms with Gasteiger partial charge in [-0.25, -0.2) is 0 Å². The van der Waals surface area contributed by atoms with Crippen LogP contribution in [0.1, 0.15) is 64.2 Å². The van der Waals surface area contributed by atoms with E-state index < -0.39 is 5.41 Å². The van der Waals surface area contributed by atoms with Crippen LogP contribution >= 0.6 is 0 Å². The smallest absolute Gasteiger partial charge is 0.232 e. The van der Waals surface area contributed by atoms with Crippen molar-refractivity contribution in [2.24, 2.45) is 10.8 Å². The van der Waals surface area contributed by atoms with Gasteiger partial charge in [0.2, 0.25) is 5.91 Å². The van der Waals surface area contributed by atoms with Crippen LogP contribution in [0, 0.1) is 22.7 Å². The minimum Gasteiger partial charge on any atom is -0.306 e. The summed E-state index contributed by atoms with van der Waals surface area (Å²) in [6.45, 7) is 11.4. The Bertz CT molecular complexity index is 906. The second kappa shape index (κ2) is 7.24. The van der Waals surface area contributed by atoms with Gasteiger partial charge in [-0.2, -0.15) is 0 Å². The minimum atomic E-state index is -0.429. The molecule has 0 fully saturated rings. The number of hydrogen-bond acceptors (Lipinski definition) is 1. The van der Waals surface area contributed by atoms with Gasteiger partial charge in [-0.1, -0.05) is 76.8 Å². The highest BCUT2D eigenvalue weighted by Crippen LogP contribution is 2.35. The van der Waals surface area contributed by atoms with Crippen LogP contribution in [0.2, 0.25) is 0 Å². The summed E-state index contributed by atoms with van der Waals surface area (Å²) in [4.78, 5) is 15.6. The predicted molar refractivity (Wildman–Crippen MR) is 113 cm³/mol. The summed E-state index contributed by atoms with van der Waals surface area (Å²) in [5.74, 6) is 6.71. The summed E-state index contributed by atoms with van der Waals surface area (Å²) in [6.07, 6.45) is 1.87. The fourth-order valence-electron chi connectivity index (χ4n) is 3.33. The summed E-state index contributed by atoms with van der Waals surface area (Å²) in [5, 5.41) is 0. The summed E-state index contributed by atoms with van der Waals surface area (Å²) in [6, 6.07) is 16.1. The Labute approximate surface area is 163 Å². The van der Waals surface area contributed by atoms with E-state index in [1.165, 1.54) is 0 Å². The summed E-state index contributed by atoms with van der Waals surface area (Å²) in [7, 11) is 0. The number of rotatable bonds is 3. The van der Waals surface area contributed by atoms with Gasteiger partial charge in [0.15, 0.2) is 0 Å². The van der Waals surface area contributed by atoms with E-state index in [1.54, 1.807) is 0 Å². The molecule has 3 rings (SSSR count). The average Bonchev–Trinajstić information content (AvgIpc) is 2.61. The molecular formula is C25H29NO. The van der Waals surface area contributed by atoms with E-state index in [-0.39, 0.29) is 11.3 Å². The highest BCUT2D eigenvalue weighted by molar-refractivity contribution is 5.98. The third-order valence-electron chi connectivity index (χ3n) is 5.20.